The summed E-state index contributed by atoms with van der Waals surface area (Å²) in [4.78, 5) is 38.0. The van der Waals surface area contributed by atoms with Crippen molar-refractivity contribution < 1.29 is 28.6 Å². The summed E-state index contributed by atoms with van der Waals surface area (Å²) in [5.74, 6) is -0.883. The molecule has 0 aromatic rings. The Labute approximate surface area is 514 Å². The van der Waals surface area contributed by atoms with Crippen molar-refractivity contribution in [3.05, 3.63) is 109 Å². The van der Waals surface area contributed by atoms with E-state index in [9.17, 15) is 14.4 Å². The van der Waals surface area contributed by atoms with Gasteiger partial charge in [0.05, 0.1) is 0 Å². The molecule has 0 aromatic carbocycles. The molecule has 0 spiro atoms. The van der Waals surface area contributed by atoms with Gasteiger partial charge in [-0.05, 0) is 109 Å². The zero-order valence-electron chi connectivity index (χ0n) is 54.7. The van der Waals surface area contributed by atoms with Crippen molar-refractivity contribution in [1.29, 1.82) is 0 Å². The van der Waals surface area contributed by atoms with Crippen molar-refractivity contribution in [3.63, 3.8) is 0 Å². The van der Waals surface area contributed by atoms with Gasteiger partial charge < -0.3 is 14.2 Å². The van der Waals surface area contributed by atoms with Gasteiger partial charge in [0.2, 0.25) is 0 Å². The van der Waals surface area contributed by atoms with Crippen LogP contribution in [0.2, 0.25) is 0 Å². The molecule has 83 heavy (non-hydrogen) atoms. The summed E-state index contributed by atoms with van der Waals surface area (Å²) in [6.07, 6.45) is 97.4. The number of carbonyl (C=O) groups is 3. The zero-order valence-corrected chi connectivity index (χ0v) is 54.7. The van der Waals surface area contributed by atoms with Crippen LogP contribution >= 0.6 is 0 Å². The van der Waals surface area contributed by atoms with Crippen LogP contribution in [0, 0.1) is 0 Å². The predicted octanol–water partition coefficient (Wildman–Crippen LogP) is 24.6. The number of allylic oxidation sites excluding steroid dienone is 18. The van der Waals surface area contributed by atoms with Crippen LogP contribution in [-0.4, -0.2) is 37.2 Å². The molecule has 0 rings (SSSR count). The van der Waals surface area contributed by atoms with E-state index in [2.05, 4.69) is 130 Å². The number of carbonyl (C=O) groups excluding carboxylic acids is 3. The number of rotatable bonds is 64. The normalized spacial score (nSPS) is 12.8. The van der Waals surface area contributed by atoms with Crippen molar-refractivity contribution in [1.82, 2.24) is 0 Å². The third kappa shape index (κ3) is 68.7. The molecule has 1 unspecified atom stereocenters. The summed E-state index contributed by atoms with van der Waals surface area (Å²) in [5.41, 5.74) is 0. The topological polar surface area (TPSA) is 78.9 Å². The van der Waals surface area contributed by atoms with Gasteiger partial charge in [0.1, 0.15) is 13.2 Å². The fourth-order valence-electron chi connectivity index (χ4n) is 9.99. The molecule has 0 radical (unpaired) electrons. The third-order valence-electron chi connectivity index (χ3n) is 15.3. The Kier molecular flexibility index (Phi) is 67.2. The molecule has 6 heteroatoms. The molecule has 0 saturated carbocycles. The Morgan fingerprint density at radius 1 is 0.253 bits per heavy atom. The lowest BCUT2D eigenvalue weighted by Crippen LogP contribution is -2.30. The lowest BCUT2D eigenvalue weighted by Gasteiger charge is -2.18. The fourth-order valence-corrected chi connectivity index (χ4v) is 9.99. The van der Waals surface area contributed by atoms with Crippen LogP contribution in [0.1, 0.15) is 342 Å². The minimum absolute atomic E-state index is 0.0768. The van der Waals surface area contributed by atoms with Crippen molar-refractivity contribution >= 4 is 17.9 Å². The van der Waals surface area contributed by atoms with Gasteiger partial charge in [0, 0.05) is 19.3 Å². The van der Waals surface area contributed by atoms with Crippen molar-refractivity contribution in [2.45, 2.75) is 348 Å². The predicted molar refractivity (Wildman–Crippen MR) is 362 cm³/mol. The smallest absolute Gasteiger partial charge is 0.306 e. The summed E-state index contributed by atoms with van der Waals surface area (Å²) in [6, 6.07) is 0. The number of hydrogen-bond donors (Lipinski definition) is 0. The molecular formula is C77H132O6. The molecule has 0 aliphatic rings. The molecule has 0 N–H and O–H groups in total. The molecule has 0 aliphatic heterocycles. The van der Waals surface area contributed by atoms with Crippen LogP contribution in [-0.2, 0) is 28.6 Å². The molecule has 476 valence electrons. The SMILES string of the molecule is CC/C=C\C/C=C\C/C=C\C/C=C\C/C=C\C/C=C\CCCCCCCCCCCCCCCCCCC(=O)OCC(COC(=O)CCCCCCC)OC(=O)CCCCCCCCCCCC/C=C\C/C=C\C/C=C\CCCCCCC. The maximum Gasteiger partial charge on any atom is 0.306 e. The van der Waals surface area contributed by atoms with Crippen molar-refractivity contribution in [3.8, 4) is 0 Å². The van der Waals surface area contributed by atoms with Gasteiger partial charge in [-0.25, -0.2) is 0 Å². The molecule has 0 fully saturated rings. The molecule has 0 amide bonds. The first kappa shape index (κ1) is 79.1. The van der Waals surface area contributed by atoms with Gasteiger partial charge in [-0.15, -0.1) is 0 Å². The molecule has 0 aromatic heterocycles. The minimum Gasteiger partial charge on any atom is -0.462 e. The van der Waals surface area contributed by atoms with E-state index >= 15 is 0 Å². The lowest BCUT2D eigenvalue weighted by atomic mass is 10.0. The van der Waals surface area contributed by atoms with E-state index in [0.717, 1.165) is 116 Å². The summed E-state index contributed by atoms with van der Waals surface area (Å²) in [6.45, 7) is 6.46. The summed E-state index contributed by atoms with van der Waals surface area (Å²) in [7, 11) is 0. The van der Waals surface area contributed by atoms with E-state index in [1.165, 1.54) is 186 Å². The van der Waals surface area contributed by atoms with Crippen LogP contribution < -0.4 is 0 Å². The van der Waals surface area contributed by atoms with Crippen LogP contribution in [0.5, 0.6) is 0 Å². The Hall–Kier alpha value is -3.93. The fraction of sp³-hybridized carbons (Fsp3) is 0.727. The molecule has 0 saturated heterocycles. The maximum absolute atomic E-state index is 12.9. The maximum atomic E-state index is 12.9. The van der Waals surface area contributed by atoms with Gasteiger partial charge in [0.15, 0.2) is 6.10 Å². The van der Waals surface area contributed by atoms with Gasteiger partial charge in [-0.3, -0.25) is 14.4 Å². The van der Waals surface area contributed by atoms with E-state index in [1.54, 1.807) is 0 Å². The van der Waals surface area contributed by atoms with Crippen LogP contribution in [0.4, 0.5) is 0 Å². The van der Waals surface area contributed by atoms with E-state index in [0.29, 0.717) is 19.3 Å². The second-order valence-corrected chi connectivity index (χ2v) is 23.4. The second kappa shape index (κ2) is 70.6. The van der Waals surface area contributed by atoms with E-state index in [-0.39, 0.29) is 31.1 Å². The number of unbranched alkanes of at least 4 members (excludes halogenated alkanes) is 35. The highest BCUT2D eigenvalue weighted by molar-refractivity contribution is 5.71. The van der Waals surface area contributed by atoms with Crippen LogP contribution in [0.25, 0.3) is 0 Å². The standard InChI is InChI=1S/C77H132O6/c1-4-7-10-13-15-17-19-21-23-25-27-29-31-33-34-35-36-37-38-39-40-41-42-44-45-47-49-51-53-55-57-59-61-64-67-70-76(79)82-73-74(72-81-75(78)69-66-63-12-9-6-3)83-77(80)71-68-65-62-60-58-56-54-52-50-48-46-43-32-30-28-26-24-22-20-18-16-14-11-8-5-2/h7,10,15,17,20-23,26-29,32-34,36-37,43,74H,4-6,8-9,11-14,16,18-19,24-25,30-31,35,38-42,44-73H2,1-3H3/b10-7-,17-15-,22-20-,23-21-,28-26-,29-27-,34-33-,37-36-,43-32-. The molecular weight excluding hydrogens is 1020 g/mol. The Morgan fingerprint density at radius 2 is 0.470 bits per heavy atom. The van der Waals surface area contributed by atoms with Gasteiger partial charge in [-0.1, -0.05) is 323 Å². The highest BCUT2D eigenvalue weighted by atomic mass is 16.6. The Bertz CT molecular complexity index is 1660. The summed E-state index contributed by atoms with van der Waals surface area (Å²) < 4.78 is 16.8. The first-order chi connectivity index (χ1) is 41.0. The van der Waals surface area contributed by atoms with Gasteiger partial charge in [-0.2, -0.15) is 0 Å². The first-order valence-electron chi connectivity index (χ1n) is 35.4. The quantitative estimate of drug-likeness (QED) is 0.0261. The molecule has 1 atom stereocenters. The van der Waals surface area contributed by atoms with Crippen LogP contribution in [0.15, 0.2) is 109 Å². The Morgan fingerprint density at radius 3 is 0.735 bits per heavy atom. The molecule has 0 aliphatic carbocycles. The van der Waals surface area contributed by atoms with E-state index < -0.39 is 6.10 Å². The molecule has 0 bridgehead atoms. The van der Waals surface area contributed by atoms with Crippen molar-refractivity contribution in [2.75, 3.05) is 13.2 Å². The van der Waals surface area contributed by atoms with E-state index in [4.69, 9.17) is 14.2 Å². The monoisotopic (exact) mass is 1150 g/mol. The second-order valence-electron chi connectivity index (χ2n) is 23.4. The lowest BCUT2D eigenvalue weighted by molar-refractivity contribution is -0.167. The molecule has 0 heterocycles. The highest BCUT2D eigenvalue weighted by Crippen LogP contribution is 2.17. The zero-order chi connectivity index (χ0) is 59.9. The number of esters is 3. The van der Waals surface area contributed by atoms with Gasteiger partial charge >= 0.3 is 17.9 Å². The van der Waals surface area contributed by atoms with Gasteiger partial charge in [0.25, 0.3) is 0 Å². The number of hydrogen-bond acceptors (Lipinski definition) is 6. The number of ether oxygens (including phenoxy) is 3. The average Bonchev–Trinajstić information content (AvgIpc) is 3.49. The van der Waals surface area contributed by atoms with Crippen LogP contribution in [0.3, 0.4) is 0 Å². The Balaban J connectivity index is 3.97. The summed E-state index contributed by atoms with van der Waals surface area (Å²) >= 11 is 0. The molecule has 6 nitrogen and oxygen atoms in total. The average molecular weight is 1150 g/mol. The first-order valence-corrected chi connectivity index (χ1v) is 35.4. The third-order valence-corrected chi connectivity index (χ3v) is 15.3. The largest absolute Gasteiger partial charge is 0.462 e. The van der Waals surface area contributed by atoms with E-state index in [1.807, 2.05) is 0 Å². The minimum atomic E-state index is -0.777. The van der Waals surface area contributed by atoms with Crippen molar-refractivity contribution in [2.24, 2.45) is 0 Å². The highest BCUT2D eigenvalue weighted by Gasteiger charge is 2.19. The summed E-state index contributed by atoms with van der Waals surface area (Å²) in [5, 5.41) is 0.